The molecule has 1 spiro atoms. The van der Waals surface area contributed by atoms with Gasteiger partial charge >= 0.3 is 12.1 Å². The molecular formula is C48H42N6O9. The lowest BCUT2D eigenvalue weighted by Gasteiger charge is -2.46. The summed E-state index contributed by atoms with van der Waals surface area (Å²) in [4.78, 5) is 62.5. The second kappa shape index (κ2) is 17.2. The number of anilines is 1. The van der Waals surface area contributed by atoms with E-state index in [9.17, 15) is 19.5 Å². The van der Waals surface area contributed by atoms with E-state index in [0.29, 0.717) is 27.8 Å². The van der Waals surface area contributed by atoms with Crippen molar-refractivity contribution in [1.29, 1.82) is 0 Å². The van der Waals surface area contributed by atoms with Gasteiger partial charge in [0.25, 0.3) is 0 Å². The minimum atomic E-state index is -2.11. The Morgan fingerprint density at radius 3 is 2.32 bits per heavy atom. The molecule has 1 aromatic heterocycles. The zero-order valence-corrected chi connectivity index (χ0v) is 34.1. The number of cyclic esters (lactones) is 1. The molecule has 15 nitrogen and oxygen atoms in total. The van der Waals surface area contributed by atoms with Gasteiger partial charge in [0.15, 0.2) is 0 Å². The number of amides is 3. The van der Waals surface area contributed by atoms with Gasteiger partial charge in [-0.1, -0.05) is 108 Å². The molecule has 4 heterocycles. The minimum Gasteiger partial charge on any atom is -0.491 e. The van der Waals surface area contributed by atoms with Gasteiger partial charge in [0.1, 0.15) is 48.6 Å². The molecule has 0 saturated carbocycles. The standard InChI is InChI=1S/C48H42N6O9/c1-60-27-28-62-47(59)53-36-23-22-30(13-12-24-52-37-20-10-9-19-35(37)50-51-52)29-34(36)48(46(53)58)39(44(49)56)41-45(57)63-42(32-16-6-3-7-17-32)40(31-14-4-2-5-15-31)54(41)43(48)33-18-8-11-21-38(33)61-26-25-55/h2-11,14-23,29,39-43,55H,24-28H2,1H3,(H2,49,56). The third kappa shape index (κ3) is 6.94. The fourth-order valence-corrected chi connectivity index (χ4v) is 9.49. The van der Waals surface area contributed by atoms with Crippen LogP contribution in [-0.4, -0.2) is 88.5 Å². The van der Waals surface area contributed by atoms with E-state index in [-0.39, 0.29) is 50.0 Å². The molecule has 0 aliphatic carbocycles. The number of nitrogens with two attached hydrogens (primary N) is 1. The van der Waals surface area contributed by atoms with Crippen LogP contribution in [0.4, 0.5) is 10.5 Å². The highest BCUT2D eigenvalue weighted by Crippen LogP contribution is 2.66. The van der Waals surface area contributed by atoms with Crippen LogP contribution in [0.1, 0.15) is 46.0 Å². The van der Waals surface area contributed by atoms with Gasteiger partial charge in [0.2, 0.25) is 11.8 Å². The van der Waals surface area contributed by atoms with Crippen molar-refractivity contribution < 1.29 is 43.2 Å². The van der Waals surface area contributed by atoms with E-state index in [1.807, 2.05) is 89.8 Å². The van der Waals surface area contributed by atoms with Crippen LogP contribution in [0.2, 0.25) is 0 Å². The molecule has 63 heavy (non-hydrogen) atoms. The highest BCUT2D eigenvalue weighted by Gasteiger charge is 2.75. The number of rotatable bonds is 11. The van der Waals surface area contributed by atoms with Crippen LogP contribution in [0.25, 0.3) is 11.0 Å². The molecule has 3 amide bonds. The lowest BCUT2D eigenvalue weighted by atomic mass is 9.65. The predicted octanol–water partition coefficient (Wildman–Crippen LogP) is 4.79. The van der Waals surface area contributed by atoms with Gasteiger partial charge in [-0.3, -0.25) is 19.3 Å². The van der Waals surface area contributed by atoms with Gasteiger partial charge in [-0.05, 0) is 53.1 Å². The predicted molar refractivity (Wildman–Crippen MR) is 228 cm³/mol. The number of imide groups is 1. The average molecular weight is 847 g/mol. The highest BCUT2D eigenvalue weighted by atomic mass is 16.6. The number of carbonyl (C=O) groups is 4. The van der Waals surface area contributed by atoms with Gasteiger partial charge in [-0.15, -0.1) is 5.10 Å². The molecule has 6 unspecified atom stereocenters. The summed E-state index contributed by atoms with van der Waals surface area (Å²) in [5, 5.41) is 18.4. The number of nitrogens with zero attached hydrogens (tertiary/aromatic N) is 5. The van der Waals surface area contributed by atoms with E-state index in [1.54, 1.807) is 47.1 Å². The lowest BCUT2D eigenvalue weighted by molar-refractivity contribution is -0.178. The summed E-state index contributed by atoms with van der Waals surface area (Å²) in [5.41, 5.74) is 8.40. The van der Waals surface area contributed by atoms with Crippen molar-refractivity contribution in [2.75, 3.05) is 38.4 Å². The fourth-order valence-electron chi connectivity index (χ4n) is 9.49. The zero-order valence-electron chi connectivity index (χ0n) is 34.1. The van der Waals surface area contributed by atoms with E-state index >= 15 is 4.79 Å². The number of methoxy groups -OCH3 is 1. The number of para-hydroxylation sites is 2. The van der Waals surface area contributed by atoms with E-state index in [4.69, 9.17) is 24.7 Å². The first-order valence-corrected chi connectivity index (χ1v) is 20.4. The van der Waals surface area contributed by atoms with Crippen molar-refractivity contribution in [3.05, 3.63) is 155 Å². The number of hydrogen-bond acceptors (Lipinski definition) is 12. The number of aliphatic hydroxyl groups excluding tert-OH is 1. The quantitative estimate of drug-likeness (QED) is 0.103. The molecule has 0 radical (unpaired) electrons. The van der Waals surface area contributed by atoms with Crippen LogP contribution in [0.15, 0.2) is 127 Å². The molecule has 2 fully saturated rings. The Bertz CT molecular complexity index is 2770. The third-order valence-electron chi connectivity index (χ3n) is 11.9. The molecule has 3 aliphatic heterocycles. The normalized spacial score (nSPS) is 22.6. The average Bonchev–Trinajstić information content (AvgIpc) is 3.95. The van der Waals surface area contributed by atoms with E-state index < -0.39 is 59.4 Å². The second-order valence-electron chi connectivity index (χ2n) is 15.3. The monoisotopic (exact) mass is 846 g/mol. The van der Waals surface area contributed by atoms with Gasteiger partial charge in [-0.2, -0.15) is 0 Å². The number of aliphatic hydroxyl groups is 1. The summed E-state index contributed by atoms with van der Waals surface area (Å²) in [6.07, 6.45) is -1.96. The van der Waals surface area contributed by atoms with Crippen molar-refractivity contribution >= 4 is 40.6 Å². The summed E-state index contributed by atoms with van der Waals surface area (Å²) < 4.78 is 25.0. The second-order valence-corrected chi connectivity index (χ2v) is 15.3. The van der Waals surface area contributed by atoms with Gasteiger partial charge in [0, 0.05) is 18.2 Å². The molecule has 9 rings (SSSR count). The first-order chi connectivity index (χ1) is 30.8. The molecule has 2 saturated heterocycles. The zero-order chi connectivity index (χ0) is 43.7. The number of benzene rings is 5. The summed E-state index contributed by atoms with van der Waals surface area (Å²) in [7, 11) is 1.45. The van der Waals surface area contributed by atoms with Crippen LogP contribution in [-0.2, 0) is 40.6 Å². The Labute approximate surface area is 361 Å². The first kappa shape index (κ1) is 41.0. The Morgan fingerprint density at radius 2 is 1.57 bits per heavy atom. The first-order valence-electron chi connectivity index (χ1n) is 20.4. The maximum Gasteiger partial charge on any atom is 0.421 e. The molecule has 0 bridgehead atoms. The molecule has 5 aromatic carbocycles. The van der Waals surface area contributed by atoms with Crippen LogP contribution in [0.5, 0.6) is 5.75 Å². The van der Waals surface area contributed by atoms with Gasteiger partial charge in [-0.25, -0.2) is 14.4 Å². The number of carbonyl (C=O) groups excluding carboxylic acids is 4. The maximum absolute atomic E-state index is 16.0. The van der Waals surface area contributed by atoms with Gasteiger partial charge in [0.05, 0.1) is 42.4 Å². The van der Waals surface area contributed by atoms with Crippen molar-refractivity contribution in [1.82, 2.24) is 19.9 Å². The van der Waals surface area contributed by atoms with E-state index in [1.165, 1.54) is 7.11 Å². The Balaban J connectivity index is 1.31. The summed E-state index contributed by atoms with van der Waals surface area (Å²) in [6, 6.07) is 34.4. The van der Waals surface area contributed by atoms with Crippen molar-refractivity contribution in [3.63, 3.8) is 0 Å². The Hall–Kier alpha value is -7.38. The van der Waals surface area contributed by atoms with E-state index in [0.717, 1.165) is 10.4 Å². The number of fused-ring (bicyclic) bond motifs is 4. The number of esters is 1. The van der Waals surface area contributed by atoms with Crippen LogP contribution in [0.3, 0.4) is 0 Å². The third-order valence-corrected chi connectivity index (χ3v) is 11.9. The topological polar surface area (TPSA) is 189 Å². The molecule has 318 valence electrons. The SMILES string of the molecule is COCCOC(=O)N1C(=O)C2(c3cc(C#CCn4nnc5ccccc54)ccc31)C(C(N)=O)C1C(=O)OC(c3ccccc3)C(c3ccccc3)N1C2c1ccccc1OCCO. The number of primary amides is 1. The number of aromatic nitrogens is 3. The molecular weight excluding hydrogens is 805 g/mol. The summed E-state index contributed by atoms with van der Waals surface area (Å²) >= 11 is 0. The number of morpholine rings is 1. The van der Waals surface area contributed by atoms with Gasteiger partial charge < -0.3 is 29.8 Å². The molecule has 15 heteroatoms. The van der Waals surface area contributed by atoms with Crippen LogP contribution < -0.4 is 15.4 Å². The largest absolute Gasteiger partial charge is 0.491 e. The Kier molecular flexibility index (Phi) is 11.2. The van der Waals surface area contributed by atoms with Crippen molar-refractivity contribution in [2.24, 2.45) is 11.7 Å². The van der Waals surface area contributed by atoms with Crippen LogP contribution in [0, 0.1) is 17.8 Å². The molecule has 3 aliphatic rings. The number of ether oxygens (including phenoxy) is 4. The van der Waals surface area contributed by atoms with Crippen molar-refractivity contribution in [3.8, 4) is 17.6 Å². The number of hydrogen-bond donors (Lipinski definition) is 2. The van der Waals surface area contributed by atoms with Crippen LogP contribution >= 0.6 is 0 Å². The highest BCUT2D eigenvalue weighted by molar-refractivity contribution is 6.23. The van der Waals surface area contributed by atoms with Crippen molar-refractivity contribution in [2.45, 2.75) is 36.2 Å². The fraction of sp³-hybridized carbons (Fsp3) is 0.250. The summed E-state index contributed by atoms with van der Waals surface area (Å²) in [5.74, 6) is 2.36. The molecule has 6 aromatic rings. The molecule has 3 N–H and O–H groups in total. The smallest absolute Gasteiger partial charge is 0.421 e. The van der Waals surface area contributed by atoms with E-state index in [2.05, 4.69) is 22.2 Å². The Morgan fingerprint density at radius 1 is 0.857 bits per heavy atom. The molecule has 6 atom stereocenters. The maximum atomic E-state index is 16.0. The lowest BCUT2D eigenvalue weighted by Crippen LogP contribution is -2.55. The summed E-state index contributed by atoms with van der Waals surface area (Å²) in [6.45, 7) is -0.406. The minimum absolute atomic E-state index is 0.0464.